The second-order valence-electron chi connectivity index (χ2n) is 5.44. The Bertz CT molecular complexity index is 490. The van der Waals surface area contributed by atoms with Gasteiger partial charge in [0.2, 0.25) is 0 Å². The van der Waals surface area contributed by atoms with Gasteiger partial charge in [-0.2, -0.15) is 0 Å². The van der Waals surface area contributed by atoms with Crippen molar-refractivity contribution < 1.29 is 19.4 Å². The minimum absolute atomic E-state index is 0.163. The molecule has 2 rings (SSSR count). The van der Waals surface area contributed by atoms with Crippen molar-refractivity contribution in [3.63, 3.8) is 0 Å². The lowest BCUT2D eigenvalue weighted by atomic mass is 10.0. The van der Waals surface area contributed by atoms with E-state index >= 15 is 0 Å². The Balaban J connectivity index is 1.85. The number of amides is 1. The van der Waals surface area contributed by atoms with Crippen molar-refractivity contribution >= 4 is 11.6 Å². The van der Waals surface area contributed by atoms with Crippen LogP contribution in [0.2, 0.25) is 0 Å². The molecule has 6 nitrogen and oxygen atoms in total. The third-order valence-corrected chi connectivity index (χ3v) is 3.41. The van der Waals surface area contributed by atoms with E-state index in [0.29, 0.717) is 25.3 Å². The van der Waals surface area contributed by atoms with Gasteiger partial charge in [-0.25, -0.2) is 0 Å². The minimum atomic E-state index is -0.994. The molecule has 0 spiro atoms. The summed E-state index contributed by atoms with van der Waals surface area (Å²) in [6.45, 7) is 2.68. The van der Waals surface area contributed by atoms with Crippen molar-refractivity contribution in [2.24, 2.45) is 0 Å². The highest BCUT2D eigenvalue weighted by Gasteiger charge is 2.28. The molecule has 3 N–H and O–H groups in total. The molecule has 1 amide bonds. The second-order valence-corrected chi connectivity index (χ2v) is 5.44. The molecule has 1 aromatic rings. The molecule has 1 aromatic carbocycles. The van der Waals surface area contributed by atoms with Crippen molar-refractivity contribution in [3.05, 3.63) is 24.3 Å². The molecule has 0 aromatic heterocycles. The fraction of sp³-hybridized carbons (Fsp3) is 0.533. The number of methoxy groups -OCH3 is 1. The molecule has 0 radical (unpaired) electrons. The van der Waals surface area contributed by atoms with Crippen molar-refractivity contribution in [2.75, 3.05) is 32.1 Å². The molecule has 1 heterocycles. The number of carbonyl (C=O) groups is 1. The summed E-state index contributed by atoms with van der Waals surface area (Å²) in [6, 6.07) is 7.48. The second kappa shape index (κ2) is 6.78. The standard InChI is InChI=1S/C15H22N2O4/c1-15(19,7-8-20-2)10-17-14(18)13-9-16-11-5-3-4-6-12(11)21-13/h3-6,13,16,19H,7-10H2,1-2H3,(H,17,18). The summed E-state index contributed by atoms with van der Waals surface area (Å²) < 4.78 is 10.6. The van der Waals surface area contributed by atoms with Crippen LogP contribution in [0.1, 0.15) is 13.3 Å². The minimum Gasteiger partial charge on any atom is -0.477 e. The van der Waals surface area contributed by atoms with Gasteiger partial charge in [-0.1, -0.05) is 12.1 Å². The number of carbonyl (C=O) groups excluding carboxylic acids is 1. The summed E-state index contributed by atoms with van der Waals surface area (Å²) in [5.74, 6) is 0.421. The Morgan fingerprint density at radius 3 is 3.10 bits per heavy atom. The fourth-order valence-electron chi connectivity index (χ4n) is 2.06. The highest BCUT2D eigenvalue weighted by Crippen LogP contribution is 2.28. The van der Waals surface area contributed by atoms with E-state index in [1.165, 1.54) is 0 Å². The number of hydrogen-bond donors (Lipinski definition) is 3. The van der Waals surface area contributed by atoms with Crippen LogP contribution in [-0.2, 0) is 9.53 Å². The lowest BCUT2D eigenvalue weighted by Crippen LogP contribution is -2.49. The number of nitrogens with one attached hydrogen (secondary N) is 2. The number of fused-ring (bicyclic) bond motifs is 1. The van der Waals surface area contributed by atoms with Gasteiger partial charge in [0.15, 0.2) is 6.10 Å². The number of aliphatic hydroxyl groups is 1. The summed E-state index contributed by atoms with van der Waals surface area (Å²) in [6.07, 6.45) is -0.144. The Labute approximate surface area is 124 Å². The molecule has 2 unspecified atom stereocenters. The van der Waals surface area contributed by atoms with Gasteiger partial charge in [0.25, 0.3) is 5.91 Å². The first-order valence-corrected chi connectivity index (χ1v) is 7.00. The number of anilines is 1. The van der Waals surface area contributed by atoms with Gasteiger partial charge in [-0.15, -0.1) is 0 Å². The van der Waals surface area contributed by atoms with E-state index in [-0.39, 0.29) is 12.5 Å². The van der Waals surface area contributed by atoms with Crippen LogP contribution in [0.15, 0.2) is 24.3 Å². The van der Waals surface area contributed by atoms with E-state index < -0.39 is 11.7 Å². The average Bonchev–Trinajstić information content (AvgIpc) is 2.50. The van der Waals surface area contributed by atoms with E-state index in [4.69, 9.17) is 9.47 Å². The van der Waals surface area contributed by atoms with Crippen molar-refractivity contribution in [1.82, 2.24) is 5.32 Å². The fourth-order valence-corrected chi connectivity index (χ4v) is 2.06. The highest BCUT2D eigenvalue weighted by atomic mass is 16.5. The summed E-state index contributed by atoms with van der Waals surface area (Å²) in [4.78, 5) is 12.1. The van der Waals surface area contributed by atoms with Crippen LogP contribution in [0.25, 0.3) is 0 Å². The summed E-state index contributed by atoms with van der Waals surface area (Å²) in [7, 11) is 1.58. The van der Waals surface area contributed by atoms with E-state index in [1.807, 2.05) is 24.3 Å². The normalized spacial score (nSPS) is 19.7. The molecule has 1 aliphatic rings. The molecule has 1 aliphatic heterocycles. The van der Waals surface area contributed by atoms with Gasteiger partial charge in [0.05, 0.1) is 17.8 Å². The SMILES string of the molecule is COCCC(C)(O)CNC(=O)C1CNc2ccccc2O1. The van der Waals surface area contributed by atoms with Gasteiger partial charge >= 0.3 is 0 Å². The molecule has 6 heteroatoms. The zero-order valence-corrected chi connectivity index (χ0v) is 12.4. The average molecular weight is 294 g/mol. The first kappa shape index (κ1) is 15.6. The van der Waals surface area contributed by atoms with Crippen molar-refractivity contribution in [1.29, 1.82) is 0 Å². The van der Waals surface area contributed by atoms with Crippen LogP contribution in [0.4, 0.5) is 5.69 Å². The van der Waals surface area contributed by atoms with Gasteiger partial charge in [-0.3, -0.25) is 4.79 Å². The Kier molecular flexibility index (Phi) is 5.03. The number of benzene rings is 1. The van der Waals surface area contributed by atoms with Gasteiger partial charge in [0.1, 0.15) is 5.75 Å². The van der Waals surface area contributed by atoms with Crippen molar-refractivity contribution in [2.45, 2.75) is 25.0 Å². The van der Waals surface area contributed by atoms with Crippen LogP contribution in [0.5, 0.6) is 5.75 Å². The van der Waals surface area contributed by atoms with Gasteiger partial charge < -0.3 is 25.2 Å². The Morgan fingerprint density at radius 1 is 1.57 bits per heavy atom. The third-order valence-electron chi connectivity index (χ3n) is 3.41. The van der Waals surface area contributed by atoms with Crippen LogP contribution >= 0.6 is 0 Å². The predicted octanol–water partition coefficient (Wildman–Crippen LogP) is 0.763. The number of hydrogen-bond acceptors (Lipinski definition) is 5. The van der Waals surface area contributed by atoms with E-state index in [0.717, 1.165) is 5.69 Å². The van der Waals surface area contributed by atoms with Crippen molar-refractivity contribution in [3.8, 4) is 5.75 Å². The number of para-hydroxylation sites is 2. The lowest BCUT2D eigenvalue weighted by Gasteiger charge is -2.28. The molecule has 21 heavy (non-hydrogen) atoms. The molecule has 116 valence electrons. The van der Waals surface area contributed by atoms with Gasteiger partial charge in [0, 0.05) is 26.7 Å². The first-order chi connectivity index (χ1) is 10.0. The monoisotopic (exact) mass is 294 g/mol. The topological polar surface area (TPSA) is 79.8 Å². The largest absolute Gasteiger partial charge is 0.477 e. The number of ether oxygens (including phenoxy) is 2. The Morgan fingerprint density at radius 2 is 2.33 bits per heavy atom. The quantitative estimate of drug-likeness (QED) is 0.722. The van der Waals surface area contributed by atoms with Gasteiger partial charge in [-0.05, 0) is 19.1 Å². The van der Waals surface area contributed by atoms with Crippen LogP contribution in [0.3, 0.4) is 0 Å². The summed E-state index contributed by atoms with van der Waals surface area (Å²) >= 11 is 0. The van der Waals surface area contributed by atoms with E-state index in [1.54, 1.807) is 14.0 Å². The molecule has 0 fully saturated rings. The smallest absolute Gasteiger partial charge is 0.263 e. The molecule has 0 aliphatic carbocycles. The zero-order valence-electron chi connectivity index (χ0n) is 12.4. The molecule has 0 bridgehead atoms. The third kappa shape index (κ3) is 4.34. The molecule has 0 saturated carbocycles. The van der Waals surface area contributed by atoms with E-state index in [9.17, 15) is 9.90 Å². The maximum absolute atomic E-state index is 12.1. The Hall–Kier alpha value is -1.79. The van der Waals surface area contributed by atoms with Crippen LogP contribution in [-0.4, -0.2) is 49.5 Å². The first-order valence-electron chi connectivity index (χ1n) is 7.00. The molecule has 0 saturated heterocycles. The lowest BCUT2D eigenvalue weighted by molar-refractivity contribution is -0.128. The summed E-state index contributed by atoms with van der Waals surface area (Å²) in [5, 5.41) is 16.0. The van der Waals surface area contributed by atoms with E-state index in [2.05, 4.69) is 10.6 Å². The maximum Gasteiger partial charge on any atom is 0.263 e. The maximum atomic E-state index is 12.1. The summed E-state index contributed by atoms with van der Waals surface area (Å²) in [5.41, 5.74) is -0.111. The molecular weight excluding hydrogens is 272 g/mol. The zero-order chi connectivity index (χ0) is 15.3. The highest BCUT2D eigenvalue weighted by molar-refractivity contribution is 5.83. The molecular formula is C15H22N2O4. The predicted molar refractivity (Wildman–Crippen MR) is 79.5 cm³/mol. The number of rotatable bonds is 6. The molecule has 2 atom stereocenters. The van der Waals surface area contributed by atoms with Crippen LogP contribution < -0.4 is 15.4 Å². The van der Waals surface area contributed by atoms with Crippen LogP contribution in [0, 0.1) is 0 Å².